The van der Waals surface area contributed by atoms with Crippen molar-refractivity contribution in [1.82, 2.24) is 4.89 Å². The van der Waals surface area contributed by atoms with E-state index in [4.69, 9.17) is 5.11 Å². The lowest BCUT2D eigenvalue weighted by Gasteiger charge is -2.04. The van der Waals surface area contributed by atoms with Crippen LogP contribution in [0.3, 0.4) is 0 Å². The summed E-state index contributed by atoms with van der Waals surface area (Å²) in [6.45, 7) is -0.696. The Labute approximate surface area is 75.6 Å². The predicted molar refractivity (Wildman–Crippen MR) is 42.4 cm³/mol. The van der Waals surface area contributed by atoms with E-state index in [2.05, 4.69) is 9.57 Å². The van der Waals surface area contributed by atoms with Crippen LogP contribution < -0.4 is 4.89 Å². The molecule has 0 bridgehead atoms. The molecule has 0 heterocycles. The molecular weight excluding hydrogens is 202 g/mol. The second-order valence-corrected chi connectivity index (χ2v) is 3.88. The zero-order valence-corrected chi connectivity index (χ0v) is 7.83. The average Bonchev–Trinajstić information content (AvgIpc) is 2.00. The molecule has 0 fully saturated rings. The van der Waals surface area contributed by atoms with E-state index in [0.29, 0.717) is 0 Å². The monoisotopic (exact) mass is 213 g/mol. The van der Waals surface area contributed by atoms with Crippen molar-refractivity contribution in [1.29, 1.82) is 0 Å². The zero-order chi connectivity index (χ0) is 10.3. The van der Waals surface area contributed by atoms with Crippen LogP contribution in [0.1, 0.15) is 0 Å². The van der Waals surface area contributed by atoms with E-state index >= 15 is 0 Å². The van der Waals surface area contributed by atoms with Gasteiger partial charge >= 0.3 is 5.97 Å². The molecule has 7 nitrogen and oxygen atoms in total. The van der Waals surface area contributed by atoms with E-state index in [-0.39, 0.29) is 12.4 Å². The first-order chi connectivity index (χ1) is 5.98. The van der Waals surface area contributed by atoms with Gasteiger partial charge in [0, 0.05) is 7.11 Å². The largest absolute Gasteiger partial charge is 0.479 e. The topological polar surface area (TPSA) is 102 Å². The minimum Gasteiger partial charge on any atom is -0.479 e. The van der Waals surface area contributed by atoms with Crippen molar-refractivity contribution in [3.8, 4) is 0 Å². The van der Waals surface area contributed by atoms with Crippen molar-refractivity contribution in [3.63, 3.8) is 0 Å². The van der Waals surface area contributed by atoms with Crippen LogP contribution in [0.5, 0.6) is 0 Å². The van der Waals surface area contributed by atoms with Crippen LogP contribution >= 0.6 is 0 Å². The summed E-state index contributed by atoms with van der Waals surface area (Å²) in [7, 11) is -2.25. The predicted octanol–water partition coefficient (Wildman–Crippen LogP) is -1.43. The number of aliphatic carboxylic acids is 1. The van der Waals surface area contributed by atoms with Gasteiger partial charge in [-0.2, -0.15) is 0 Å². The van der Waals surface area contributed by atoms with Gasteiger partial charge in [0.05, 0.1) is 12.4 Å². The molecule has 8 heteroatoms. The maximum Gasteiger partial charge on any atom is 0.331 e. The highest BCUT2D eigenvalue weighted by atomic mass is 32.2. The summed E-state index contributed by atoms with van der Waals surface area (Å²) < 4.78 is 26.2. The lowest BCUT2D eigenvalue weighted by molar-refractivity contribution is -0.143. The molecule has 78 valence electrons. The highest BCUT2D eigenvalue weighted by Crippen LogP contribution is 1.84. The number of rotatable bonds is 7. The molecular formula is C5H11NO6S. The molecule has 0 atom stereocenters. The second-order valence-electron chi connectivity index (χ2n) is 2.08. The number of carboxylic acid groups (broad SMARTS) is 1. The van der Waals surface area contributed by atoms with E-state index in [1.165, 1.54) is 7.11 Å². The van der Waals surface area contributed by atoms with Gasteiger partial charge in [-0.3, -0.25) is 4.84 Å². The second kappa shape index (κ2) is 5.86. The molecule has 0 amide bonds. The van der Waals surface area contributed by atoms with Crippen LogP contribution in [-0.2, 0) is 24.4 Å². The molecule has 0 aromatic carbocycles. The van der Waals surface area contributed by atoms with E-state index in [0.717, 1.165) is 0 Å². The summed E-state index contributed by atoms with van der Waals surface area (Å²) in [5, 5.41) is 8.10. The summed E-state index contributed by atoms with van der Waals surface area (Å²) in [6.07, 6.45) is 0. The number of ether oxygens (including phenoxy) is 1. The van der Waals surface area contributed by atoms with Gasteiger partial charge in [-0.25, -0.2) is 13.2 Å². The minimum absolute atomic E-state index is 0.0196. The van der Waals surface area contributed by atoms with Crippen molar-refractivity contribution in [2.75, 3.05) is 26.1 Å². The van der Waals surface area contributed by atoms with Gasteiger partial charge in [0.15, 0.2) is 6.61 Å². The van der Waals surface area contributed by atoms with Crippen LogP contribution in [0.25, 0.3) is 0 Å². The molecule has 0 unspecified atom stereocenters. The lowest BCUT2D eigenvalue weighted by Crippen LogP contribution is -2.30. The molecule has 0 spiro atoms. The van der Waals surface area contributed by atoms with Crippen LogP contribution in [-0.4, -0.2) is 45.6 Å². The smallest absolute Gasteiger partial charge is 0.331 e. The molecule has 0 saturated carbocycles. The van der Waals surface area contributed by atoms with E-state index < -0.39 is 22.6 Å². The van der Waals surface area contributed by atoms with Gasteiger partial charge < -0.3 is 9.84 Å². The number of nitrogens with one attached hydrogen (secondary N) is 1. The average molecular weight is 213 g/mol. The van der Waals surface area contributed by atoms with Crippen LogP contribution in [0, 0.1) is 0 Å². The number of sulfonamides is 1. The fourth-order valence-electron chi connectivity index (χ4n) is 0.416. The fourth-order valence-corrected chi connectivity index (χ4v) is 1.12. The van der Waals surface area contributed by atoms with Gasteiger partial charge in [0.25, 0.3) is 0 Å². The third-order valence-corrected chi connectivity index (χ3v) is 2.01. The molecule has 0 rings (SSSR count). The summed E-state index contributed by atoms with van der Waals surface area (Å²) in [6, 6.07) is 0. The fraction of sp³-hybridized carbons (Fsp3) is 0.800. The first-order valence-corrected chi connectivity index (χ1v) is 4.95. The van der Waals surface area contributed by atoms with Crippen molar-refractivity contribution in [2.45, 2.75) is 0 Å². The molecule has 0 aromatic heterocycles. The third kappa shape index (κ3) is 7.65. The molecule has 0 aliphatic rings. The standard InChI is InChI=1S/C5H11NO6S/c1-11-2-3-13(9,10)6-12-4-5(7)8/h6H,2-4H2,1H3,(H,7,8). The number of hydrogen-bond donors (Lipinski definition) is 2. The normalized spacial score (nSPS) is 11.5. The van der Waals surface area contributed by atoms with E-state index in [1.807, 2.05) is 0 Å². The summed E-state index contributed by atoms with van der Waals surface area (Å²) >= 11 is 0. The van der Waals surface area contributed by atoms with E-state index in [1.54, 1.807) is 4.89 Å². The number of carboxylic acids is 1. The first kappa shape index (κ1) is 12.3. The molecule has 2 N–H and O–H groups in total. The number of carbonyl (C=O) groups is 1. The molecule has 0 radical (unpaired) electrons. The van der Waals surface area contributed by atoms with Crippen LogP contribution in [0.4, 0.5) is 0 Å². The zero-order valence-electron chi connectivity index (χ0n) is 7.02. The van der Waals surface area contributed by atoms with Gasteiger partial charge in [-0.15, -0.1) is 0 Å². The Hall–Kier alpha value is -0.700. The molecule has 0 aromatic rings. The maximum atomic E-state index is 10.9. The number of methoxy groups -OCH3 is 1. The molecule has 0 saturated heterocycles. The van der Waals surface area contributed by atoms with Gasteiger partial charge in [0.1, 0.15) is 0 Å². The van der Waals surface area contributed by atoms with Crippen molar-refractivity contribution in [2.24, 2.45) is 0 Å². The third-order valence-electron chi connectivity index (χ3n) is 0.938. The molecule has 0 aliphatic heterocycles. The summed E-state index contributed by atoms with van der Waals surface area (Å²) in [4.78, 5) is 15.7. The molecule has 13 heavy (non-hydrogen) atoms. The van der Waals surface area contributed by atoms with Crippen molar-refractivity contribution in [3.05, 3.63) is 0 Å². The van der Waals surface area contributed by atoms with E-state index in [9.17, 15) is 13.2 Å². The van der Waals surface area contributed by atoms with Crippen molar-refractivity contribution < 1.29 is 27.9 Å². The quantitative estimate of drug-likeness (QED) is 0.502. The molecule has 0 aliphatic carbocycles. The van der Waals surface area contributed by atoms with Crippen LogP contribution in [0.15, 0.2) is 0 Å². The Balaban J connectivity index is 3.70. The highest BCUT2D eigenvalue weighted by molar-refractivity contribution is 7.89. The Morgan fingerprint density at radius 2 is 2.15 bits per heavy atom. The first-order valence-electron chi connectivity index (χ1n) is 3.30. The SMILES string of the molecule is COCCS(=O)(=O)NOCC(=O)O. The highest BCUT2D eigenvalue weighted by Gasteiger charge is 2.10. The minimum atomic E-state index is -3.60. The summed E-state index contributed by atoms with van der Waals surface area (Å²) in [5.41, 5.74) is 0. The number of hydrogen-bond acceptors (Lipinski definition) is 5. The van der Waals surface area contributed by atoms with Crippen LogP contribution in [0.2, 0.25) is 0 Å². The summed E-state index contributed by atoms with van der Waals surface area (Å²) in [5.74, 6) is -1.53. The lowest BCUT2D eigenvalue weighted by atomic mass is 10.8. The Morgan fingerprint density at radius 1 is 1.54 bits per heavy atom. The Bertz CT molecular complexity index is 248. The van der Waals surface area contributed by atoms with Gasteiger partial charge in [-0.05, 0) is 0 Å². The van der Waals surface area contributed by atoms with Gasteiger partial charge in [-0.1, -0.05) is 4.89 Å². The maximum absolute atomic E-state index is 10.9. The van der Waals surface area contributed by atoms with Gasteiger partial charge in [0.2, 0.25) is 10.0 Å². The Kier molecular flexibility index (Phi) is 5.55. The Morgan fingerprint density at radius 3 is 2.62 bits per heavy atom. The van der Waals surface area contributed by atoms with Crippen molar-refractivity contribution >= 4 is 16.0 Å².